The summed E-state index contributed by atoms with van der Waals surface area (Å²) in [4.78, 5) is 13.3. The summed E-state index contributed by atoms with van der Waals surface area (Å²) < 4.78 is 0. The second-order valence-electron chi connectivity index (χ2n) is 4.49. The highest BCUT2D eigenvalue weighted by atomic mass is 16.1. The molecule has 4 heteroatoms. The topological polar surface area (TPSA) is 56.1 Å². The molecule has 0 fully saturated rings. The average Bonchev–Trinajstić information content (AvgIpc) is 2.00. The van der Waals surface area contributed by atoms with E-state index in [0.29, 0.717) is 5.92 Å². The fourth-order valence-electron chi connectivity index (χ4n) is 1.54. The number of nitriles is 1. The normalized spacial score (nSPS) is 12.6. The van der Waals surface area contributed by atoms with E-state index in [1.165, 1.54) is 0 Å². The molecule has 0 rings (SSSR count). The Hall–Kier alpha value is -1.08. The van der Waals surface area contributed by atoms with Crippen molar-refractivity contribution < 1.29 is 4.79 Å². The molecular formula is C11H21N3O. The predicted molar refractivity (Wildman–Crippen MR) is 60.2 cm³/mol. The number of carbonyl (C=O) groups excluding carboxylic acids is 1. The third-order valence-electron chi connectivity index (χ3n) is 1.95. The van der Waals surface area contributed by atoms with E-state index in [1.807, 2.05) is 25.1 Å². The fraction of sp³-hybridized carbons (Fsp3) is 0.818. The van der Waals surface area contributed by atoms with Gasteiger partial charge in [-0.1, -0.05) is 13.8 Å². The Kier molecular flexibility index (Phi) is 6.72. The van der Waals surface area contributed by atoms with Gasteiger partial charge in [-0.15, -0.1) is 0 Å². The van der Waals surface area contributed by atoms with Crippen LogP contribution in [-0.4, -0.2) is 37.5 Å². The number of nitrogens with zero attached hydrogens (tertiary/aromatic N) is 2. The van der Waals surface area contributed by atoms with Crippen molar-refractivity contribution >= 4 is 5.91 Å². The molecule has 0 bridgehead atoms. The monoisotopic (exact) mass is 211 g/mol. The molecule has 15 heavy (non-hydrogen) atoms. The molecule has 0 saturated heterocycles. The molecule has 1 atom stereocenters. The maximum Gasteiger partial charge on any atom is 0.234 e. The lowest BCUT2D eigenvalue weighted by Gasteiger charge is -2.23. The van der Waals surface area contributed by atoms with Gasteiger partial charge in [0.1, 0.15) is 6.42 Å². The van der Waals surface area contributed by atoms with Crippen LogP contribution in [0.25, 0.3) is 0 Å². The summed E-state index contributed by atoms with van der Waals surface area (Å²) >= 11 is 0. The van der Waals surface area contributed by atoms with Crippen molar-refractivity contribution in [3.05, 3.63) is 0 Å². The molecule has 0 aliphatic heterocycles. The lowest BCUT2D eigenvalue weighted by Crippen LogP contribution is -2.42. The number of likely N-dealkylation sites (N-methyl/N-ethyl adjacent to an activating group) is 1. The van der Waals surface area contributed by atoms with Crippen LogP contribution in [0.15, 0.2) is 0 Å². The van der Waals surface area contributed by atoms with Gasteiger partial charge in [-0.05, 0) is 26.4 Å². The minimum atomic E-state index is -0.176. The molecule has 1 amide bonds. The summed E-state index contributed by atoms with van der Waals surface area (Å²) in [6.45, 7) is 5.06. The van der Waals surface area contributed by atoms with E-state index in [9.17, 15) is 4.79 Å². The molecule has 0 radical (unpaired) electrons. The fourth-order valence-corrected chi connectivity index (χ4v) is 1.54. The van der Waals surface area contributed by atoms with Crippen LogP contribution in [-0.2, 0) is 4.79 Å². The molecule has 0 aliphatic carbocycles. The van der Waals surface area contributed by atoms with Crippen molar-refractivity contribution in [3.63, 3.8) is 0 Å². The predicted octanol–water partition coefficient (Wildman–Crippen LogP) is 0.993. The first kappa shape index (κ1) is 13.9. The van der Waals surface area contributed by atoms with E-state index in [0.717, 1.165) is 13.0 Å². The smallest absolute Gasteiger partial charge is 0.234 e. The molecule has 0 aliphatic rings. The summed E-state index contributed by atoms with van der Waals surface area (Å²) in [6.07, 6.45) is 0.886. The molecule has 0 aromatic carbocycles. The molecule has 0 spiro atoms. The van der Waals surface area contributed by atoms with Crippen LogP contribution in [0.2, 0.25) is 0 Å². The third kappa shape index (κ3) is 7.95. The van der Waals surface area contributed by atoms with Crippen LogP contribution in [0.4, 0.5) is 0 Å². The van der Waals surface area contributed by atoms with E-state index in [4.69, 9.17) is 5.26 Å². The van der Waals surface area contributed by atoms with Crippen LogP contribution in [0.5, 0.6) is 0 Å². The molecule has 0 saturated carbocycles. The third-order valence-corrected chi connectivity index (χ3v) is 1.95. The number of carbonyl (C=O) groups is 1. The van der Waals surface area contributed by atoms with E-state index < -0.39 is 0 Å². The van der Waals surface area contributed by atoms with Crippen molar-refractivity contribution in [3.8, 4) is 6.07 Å². The maximum absolute atomic E-state index is 11.3. The molecule has 4 nitrogen and oxygen atoms in total. The largest absolute Gasteiger partial charge is 0.351 e. The lowest BCUT2D eigenvalue weighted by atomic mass is 10.0. The van der Waals surface area contributed by atoms with Gasteiger partial charge in [-0.2, -0.15) is 5.26 Å². The van der Waals surface area contributed by atoms with Gasteiger partial charge >= 0.3 is 0 Å². The number of rotatable bonds is 6. The Bertz CT molecular complexity index is 220. The second-order valence-corrected chi connectivity index (χ2v) is 4.49. The highest BCUT2D eigenvalue weighted by Crippen LogP contribution is 2.05. The molecule has 86 valence electrons. The maximum atomic E-state index is 11.3. The highest BCUT2D eigenvalue weighted by Gasteiger charge is 2.14. The van der Waals surface area contributed by atoms with E-state index in [1.54, 1.807) is 0 Å². The number of hydrogen-bond acceptors (Lipinski definition) is 3. The summed E-state index contributed by atoms with van der Waals surface area (Å²) in [5.41, 5.74) is 0. The minimum absolute atomic E-state index is 0.0535. The Balaban J connectivity index is 4.12. The van der Waals surface area contributed by atoms with Crippen LogP contribution in [0.3, 0.4) is 0 Å². The van der Waals surface area contributed by atoms with Crippen molar-refractivity contribution in [2.45, 2.75) is 32.7 Å². The zero-order valence-electron chi connectivity index (χ0n) is 10.1. The summed E-state index contributed by atoms with van der Waals surface area (Å²) in [6, 6.07) is 1.99. The number of hydrogen-bond donors (Lipinski definition) is 1. The molecule has 0 aromatic rings. The Morgan fingerprint density at radius 3 is 2.47 bits per heavy atom. The quantitative estimate of drug-likeness (QED) is 0.713. The summed E-state index contributed by atoms with van der Waals surface area (Å²) in [5.74, 6) is 0.363. The lowest BCUT2D eigenvalue weighted by molar-refractivity contribution is -0.121. The van der Waals surface area contributed by atoms with E-state index >= 15 is 0 Å². The Morgan fingerprint density at radius 1 is 1.47 bits per heavy atom. The van der Waals surface area contributed by atoms with Gasteiger partial charge < -0.3 is 10.2 Å². The van der Waals surface area contributed by atoms with Gasteiger partial charge in [0.05, 0.1) is 6.07 Å². The van der Waals surface area contributed by atoms with Crippen molar-refractivity contribution in [2.24, 2.45) is 5.92 Å². The van der Waals surface area contributed by atoms with Crippen molar-refractivity contribution in [1.29, 1.82) is 5.26 Å². The van der Waals surface area contributed by atoms with Gasteiger partial charge in [0.15, 0.2) is 0 Å². The highest BCUT2D eigenvalue weighted by molar-refractivity contribution is 5.78. The van der Waals surface area contributed by atoms with Crippen LogP contribution >= 0.6 is 0 Å². The zero-order valence-corrected chi connectivity index (χ0v) is 10.1. The summed E-state index contributed by atoms with van der Waals surface area (Å²) in [7, 11) is 3.95. The van der Waals surface area contributed by atoms with Crippen molar-refractivity contribution in [1.82, 2.24) is 10.2 Å². The standard InChI is InChI=1S/C11H21N3O/c1-9(2)7-10(8-14(3)4)13-11(15)5-6-12/h9-10H,5,7-8H2,1-4H3,(H,13,15). The molecular weight excluding hydrogens is 190 g/mol. The van der Waals surface area contributed by atoms with E-state index in [2.05, 4.69) is 19.2 Å². The Labute approximate surface area is 92.3 Å². The van der Waals surface area contributed by atoms with Crippen LogP contribution in [0, 0.1) is 17.2 Å². The van der Waals surface area contributed by atoms with Gasteiger partial charge in [0, 0.05) is 12.6 Å². The molecule has 0 aromatic heterocycles. The molecule has 1 unspecified atom stereocenters. The van der Waals surface area contributed by atoms with Crippen molar-refractivity contribution in [2.75, 3.05) is 20.6 Å². The Morgan fingerprint density at radius 2 is 2.07 bits per heavy atom. The number of nitrogens with one attached hydrogen (secondary N) is 1. The first-order valence-corrected chi connectivity index (χ1v) is 5.26. The van der Waals surface area contributed by atoms with Crippen LogP contribution < -0.4 is 5.32 Å². The minimum Gasteiger partial charge on any atom is -0.351 e. The zero-order chi connectivity index (χ0) is 11.8. The first-order valence-electron chi connectivity index (χ1n) is 5.26. The average molecular weight is 211 g/mol. The van der Waals surface area contributed by atoms with Crippen LogP contribution in [0.1, 0.15) is 26.7 Å². The van der Waals surface area contributed by atoms with Gasteiger partial charge in [0.25, 0.3) is 0 Å². The molecule has 1 N–H and O–H groups in total. The second kappa shape index (κ2) is 7.24. The van der Waals surface area contributed by atoms with Gasteiger partial charge in [-0.3, -0.25) is 4.79 Å². The van der Waals surface area contributed by atoms with Gasteiger partial charge in [0.2, 0.25) is 5.91 Å². The van der Waals surface area contributed by atoms with Gasteiger partial charge in [-0.25, -0.2) is 0 Å². The molecule has 0 heterocycles. The first-order chi connectivity index (χ1) is 6.95. The SMILES string of the molecule is CC(C)CC(CN(C)C)NC(=O)CC#N. The summed E-state index contributed by atoms with van der Waals surface area (Å²) in [5, 5.41) is 11.3. The number of amides is 1. The van der Waals surface area contributed by atoms with E-state index in [-0.39, 0.29) is 18.4 Å².